The van der Waals surface area contributed by atoms with Crippen LogP contribution in [0.5, 0.6) is 0 Å². The molecule has 1 heterocycles. The molecular weight excluding hydrogens is 447 g/mol. The molecule has 1 amide bonds. The minimum Gasteiger partial charge on any atom is -0.456 e. The molecule has 0 aromatic heterocycles. The fourth-order valence-corrected chi connectivity index (χ4v) is 5.21. The Hall–Kier alpha value is -2.78. The topological polar surface area (TPSA) is 84.0 Å². The number of sulfonamides is 1. The van der Waals surface area contributed by atoms with Crippen LogP contribution in [0.1, 0.15) is 37.3 Å². The highest BCUT2D eigenvalue weighted by Crippen LogP contribution is 2.21. The Balaban J connectivity index is 1.45. The number of esters is 1. The van der Waals surface area contributed by atoms with Crippen LogP contribution in [0.25, 0.3) is 0 Å². The Kier molecular flexibility index (Phi) is 8.57. The van der Waals surface area contributed by atoms with Gasteiger partial charge in [0.1, 0.15) is 5.82 Å². The van der Waals surface area contributed by atoms with Gasteiger partial charge in [0.05, 0.1) is 4.90 Å². The molecule has 0 spiro atoms. The first kappa shape index (κ1) is 24.9. The van der Waals surface area contributed by atoms with Crippen LogP contribution in [0.15, 0.2) is 53.4 Å². The number of nitrogens with zero attached hydrogens (tertiary/aromatic N) is 2. The number of benzene rings is 2. The quantitative estimate of drug-likeness (QED) is 0.492. The number of amides is 1. The molecule has 178 valence electrons. The summed E-state index contributed by atoms with van der Waals surface area (Å²) in [5, 5.41) is 0. The van der Waals surface area contributed by atoms with Gasteiger partial charge < -0.3 is 9.64 Å². The van der Waals surface area contributed by atoms with Crippen molar-refractivity contribution in [3.8, 4) is 0 Å². The van der Waals surface area contributed by atoms with Crippen LogP contribution in [-0.2, 0) is 37.3 Å². The first-order valence-corrected chi connectivity index (χ1v) is 12.5. The van der Waals surface area contributed by atoms with Gasteiger partial charge >= 0.3 is 5.97 Å². The van der Waals surface area contributed by atoms with E-state index in [1.807, 2.05) is 0 Å². The Bertz CT molecular complexity index is 1070. The van der Waals surface area contributed by atoms with E-state index in [9.17, 15) is 22.4 Å². The number of hydrogen-bond donors (Lipinski definition) is 0. The fraction of sp³-hybridized carbons (Fsp3) is 0.417. The Morgan fingerprint density at radius 3 is 2.39 bits per heavy atom. The zero-order valence-corrected chi connectivity index (χ0v) is 19.5. The second kappa shape index (κ2) is 11.4. The van der Waals surface area contributed by atoms with Crippen molar-refractivity contribution in [2.75, 3.05) is 26.2 Å². The second-order valence-corrected chi connectivity index (χ2v) is 9.89. The van der Waals surface area contributed by atoms with Crippen LogP contribution in [0.3, 0.4) is 0 Å². The summed E-state index contributed by atoms with van der Waals surface area (Å²) in [6.07, 6.45) is 2.20. The molecule has 2 aromatic rings. The van der Waals surface area contributed by atoms with Crippen LogP contribution < -0.4 is 0 Å². The second-order valence-electron chi connectivity index (χ2n) is 7.95. The Morgan fingerprint density at radius 2 is 1.76 bits per heavy atom. The maximum Gasteiger partial charge on any atom is 0.306 e. The number of carbonyl (C=O) groups is 2. The summed E-state index contributed by atoms with van der Waals surface area (Å²) in [5.74, 6) is -1.24. The van der Waals surface area contributed by atoms with E-state index in [4.69, 9.17) is 4.74 Å². The number of carbonyl (C=O) groups excluding carboxylic acids is 2. The van der Waals surface area contributed by atoms with Crippen LogP contribution in [-0.4, -0.2) is 55.7 Å². The largest absolute Gasteiger partial charge is 0.456 e. The van der Waals surface area contributed by atoms with Crippen molar-refractivity contribution in [1.29, 1.82) is 0 Å². The van der Waals surface area contributed by atoms with Gasteiger partial charge in [-0.25, -0.2) is 12.8 Å². The third-order valence-corrected chi connectivity index (χ3v) is 7.51. The predicted octanol–water partition coefficient (Wildman–Crippen LogP) is 3.13. The van der Waals surface area contributed by atoms with Crippen LogP contribution in [0.2, 0.25) is 0 Å². The molecule has 0 unspecified atom stereocenters. The standard InChI is InChI=1S/C24H29FN2O5S/c1-2-26(17-20-6-5-7-21(25)16-20)23(28)18-32-24(29)13-10-19-8-11-22(12-9-19)33(30,31)27-14-3-4-15-27/h5-9,11-12,16H,2-4,10,13-15,17-18H2,1H3. The molecule has 0 N–H and O–H groups in total. The molecule has 1 fully saturated rings. The minimum absolute atomic E-state index is 0.0710. The van der Waals surface area contributed by atoms with E-state index >= 15 is 0 Å². The van der Waals surface area contributed by atoms with E-state index < -0.39 is 16.0 Å². The molecule has 7 nitrogen and oxygen atoms in total. The van der Waals surface area contributed by atoms with Gasteiger partial charge in [0.15, 0.2) is 6.61 Å². The summed E-state index contributed by atoms with van der Waals surface area (Å²) in [6.45, 7) is 3.15. The number of halogens is 1. The van der Waals surface area contributed by atoms with Gasteiger partial charge in [-0.1, -0.05) is 24.3 Å². The van der Waals surface area contributed by atoms with E-state index in [1.165, 1.54) is 21.3 Å². The smallest absolute Gasteiger partial charge is 0.306 e. The Morgan fingerprint density at radius 1 is 1.06 bits per heavy atom. The first-order chi connectivity index (χ1) is 15.8. The third-order valence-electron chi connectivity index (χ3n) is 5.60. The number of hydrogen-bond acceptors (Lipinski definition) is 5. The van der Waals surface area contributed by atoms with E-state index in [0.717, 1.165) is 18.4 Å². The van der Waals surface area contributed by atoms with Crippen LogP contribution in [0, 0.1) is 5.82 Å². The van der Waals surface area contributed by atoms with Gasteiger partial charge in [0, 0.05) is 32.6 Å². The lowest BCUT2D eigenvalue weighted by Crippen LogP contribution is -2.34. The summed E-state index contributed by atoms with van der Waals surface area (Å²) < 4.78 is 45.1. The van der Waals surface area contributed by atoms with Gasteiger partial charge in [-0.15, -0.1) is 0 Å². The molecule has 1 aliphatic rings. The first-order valence-electron chi connectivity index (χ1n) is 11.1. The van der Waals surface area contributed by atoms with Crippen molar-refractivity contribution in [3.05, 3.63) is 65.5 Å². The molecule has 0 saturated carbocycles. The molecule has 0 bridgehead atoms. The number of aryl methyl sites for hydroxylation is 1. The van der Waals surface area contributed by atoms with E-state index in [1.54, 1.807) is 43.3 Å². The van der Waals surface area contributed by atoms with Crippen molar-refractivity contribution < 1.29 is 27.1 Å². The summed E-state index contributed by atoms with van der Waals surface area (Å²) in [7, 11) is -3.46. The highest BCUT2D eigenvalue weighted by molar-refractivity contribution is 7.89. The maximum atomic E-state index is 13.3. The van der Waals surface area contributed by atoms with Gasteiger partial charge in [0.2, 0.25) is 10.0 Å². The molecule has 1 aliphatic heterocycles. The summed E-state index contributed by atoms with van der Waals surface area (Å²) in [5.41, 5.74) is 1.46. The normalized spacial score (nSPS) is 14.2. The fourth-order valence-electron chi connectivity index (χ4n) is 3.69. The third kappa shape index (κ3) is 6.85. The van der Waals surface area contributed by atoms with Crippen LogP contribution in [0.4, 0.5) is 4.39 Å². The molecule has 0 aliphatic carbocycles. The molecular formula is C24H29FN2O5S. The molecule has 1 saturated heterocycles. The molecule has 0 radical (unpaired) electrons. The van der Waals surface area contributed by atoms with Crippen molar-refractivity contribution >= 4 is 21.9 Å². The van der Waals surface area contributed by atoms with Crippen molar-refractivity contribution in [2.45, 2.75) is 44.0 Å². The number of likely N-dealkylation sites (N-methyl/N-ethyl adjacent to an activating group) is 1. The molecule has 2 aromatic carbocycles. The highest BCUT2D eigenvalue weighted by atomic mass is 32.2. The molecule has 3 rings (SSSR count). The molecule has 9 heteroatoms. The minimum atomic E-state index is -3.46. The average molecular weight is 477 g/mol. The van der Waals surface area contributed by atoms with Gasteiger partial charge in [-0.3, -0.25) is 9.59 Å². The van der Waals surface area contributed by atoms with Gasteiger partial charge in [-0.2, -0.15) is 4.31 Å². The summed E-state index contributed by atoms with van der Waals surface area (Å²) in [4.78, 5) is 26.2. The number of rotatable bonds is 10. The lowest BCUT2D eigenvalue weighted by atomic mass is 10.1. The van der Waals surface area contributed by atoms with Gasteiger partial charge in [-0.05, 0) is 61.6 Å². The summed E-state index contributed by atoms with van der Waals surface area (Å²) >= 11 is 0. The SMILES string of the molecule is CCN(Cc1cccc(F)c1)C(=O)COC(=O)CCc1ccc(S(=O)(=O)N2CCCC2)cc1. The molecule has 33 heavy (non-hydrogen) atoms. The summed E-state index contributed by atoms with van der Waals surface area (Å²) in [6, 6.07) is 12.5. The Labute approximate surface area is 194 Å². The van der Waals surface area contributed by atoms with Crippen LogP contribution >= 0.6 is 0 Å². The van der Waals surface area contributed by atoms with Crippen molar-refractivity contribution in [2.24, 2.45) is 0 Å². The van der Waals surface area contributed by atoms with Crippen molar-refractivity contribution in [1.82, 2.24) is 9.21 Å². The lowest BCUT2D eigenvalue weighted by Gasteiger charge is -2.21. The van der Waals surface area contributed by atoms with E-state index in [-0.39, 0.29) is 36.2 Å². The van der Waals surface area contributed by atoms with Crippen molar-refractivity contribution in [3.63, 3.8) is 0 Å². The predicted molar refractivity (Wildman–Crippen MR) is 121 cm³/mol. The zero-order chi connectivity index (χ0) is 23.8. The van der Waals surface area contributed by atoms with E-state index in [0.29, 0.717) is 31.6 Å². The zero-order valence-electron chi connectivity index (χ0n) is 18.7. The lowest BCUT2D eigenvalue weighted by molar-refractivity contribution is -0.152. The van der Waals surface area contributed by atoms with E-state index in [2.05, 4.69) is 0 Å². The molecule has 0 atom stereocenters. The van der Waals surface area contributed by atoms with Gasteiger partial charge in [0.25, 0.3) is 5.91 Å². The monoisotopic (exact) mass is 476 g/mol. The highest BCUT2D eigenvalue weighted by Gasteiger charge is 2.26. The number of ether oxygens (including phenoxy) is 1. The average Bonchev–Trinajstić information content (AvgIpc) is 3.36. The maximum absolute atomic E-state index is 13.3.